The van der Waals surface area contributed by atoms with Crippen molar-refractivity contribution in [1.82, 2.24) is 10.3 Å². The van der Waals surface area contributed by atoms with E-state index in [-0.39, 0.29) is 0 Å². The van der Waals surface area contributed by atoms with Crippen LogP contribution in [0.2, 0.25) is 0 Å². The summed E-state index contributed by atoms with van der Waals surface area (Å²) in [6, 6.07) is 10.6. The highest BCUT2D eigenvalue weighted by Gasteiger charge is 2.07. The van der Waals surface area contributed by atoms with Gasteiger partial charge in [0.05, 0.1) is 17.8 Å². The van der Waals surface area contributed by atoms with Crippen molar-refractivity contribution in [3.05, 3.63) is 36.0 Å². The van der Waals surface area contributed by atoms with Gasteiger partial charge in [-0.25, -0.2) is 0 Å². The van der Waals surface area contributed by atoms with Crippen LogP contribution in [-0.4, -0.2) is 31.3 Å². The van der Waals surface area contributed by atoms with Crippen LogP contribution < -0.4 is 10.1 Å². The third kappa shape index (κ3) is 4.69. The smallest absolute Gasteiger partial charge is 0.130 e. The van der Waals surface area contributed by atoms with Gasteiger partial charge in [0.25, 0.3) is 0 Å². The molecule has 0 amide bonds. The number of hydrogen-bond donors (Lipinski definition) is 1. The average molecular weight is 288 g/mol. The minimum atomic E-state index is 0.435. The second kappa shape index (κ2) is 7.96. The van der Waals surface area contributed by atoms with Gasteiger partial charge in [-0.2, -0.15) is 0 Å². The highest BCUT2D eigenvalue weighted by Crippen LogP contribution is 2.25. The molecule has 0 saturated carbocycles. The standard InChI is InChI=1S/C17H24N2O2/c1-13(2)18-12-14-11-17(21-10-6-9-20-3)15-7-4-5-8-16(15)19-14/h4-5,7-8,11,13,18H,6,9-10,12H2,1-3H3. The number of rotatable bonds is 8. The van der Waals surface area contributed by atoms with Crippen molar-refractivity contribution in [2.75, 3.05) is 20.3 Å². The van der Waals surface area contributed by atoms with Crippen molar-refractivity contribution in [2.45, 2.75) is 32.9 Å². The minimum absolute atomic E-state index is 0.435. The van der Waals surface area contributed by atoms with Gasteiger partial charge in [0, 0.05) is 44.2 Å². The SMILES string of the molecule is COCCCOc1cc(CNC(C)C)nc2ccccc12. The van der Waals surface area contributed by atoms with Crippen LogP contribution in [0.25, 0.3) is 10.9 Å². The van der Waals surface area contributed by atoms with Crippen LogP contribution in [0.5, 0.6) is 5.75 Å². The van der Waals surface area contributed by atoms with E-state index in [0.29, 0.717) is 19.3 Å². The van der Waals surface area contributed by atoms with Gasteiger partial charge in [-0.1, -0.05) is 26.0 Å². The largest absolute Gasteiger partial charge is 0.493 e. The van der Waals surface area contributed by atoms with E-state index >= 15 is 0 Å². The van der Waals surface area contributed by atoms with Gasteiger partial charge >= 0.3 is 0 Å². The molecule has 0 bridgehead atoms. The fraction of sp³-hybridized carbons (Fsp3) is 0.471. The second-order valence-electron chi connectivity index (χ2n) is 5.36. The molecule has 0 saturated heterocycles. The molecule has 2 aromatic rings. The number of methoxy groups -OCH3 is 1. The summed E-state index contributed by atoms with van der Waals surface area (Å²) in [6.45, 7) is 6.37. The number of ether oxygens (including phenoxy) is 2. The van der Waals surface area contributed by atoms with Gasteiger partial charge < -0.3 is 14.8 Å². The van der Waals surface area contributed by atoms with Crippen LogP contribution >= 0.6 is 0 Å². The van der Waals surface area contributed by atoms with Crippen molar-refractivity contribution < 1.29 is 9.47 Å². The molecule has 1 aromatic heterocycles. The molecule has 0 radical (unpaired) electrons. The van der Waals surface area contributed by atoms with E-state index in [9.17, 15) is 0 Å². The molecule has 4 nitrogen and oxygen atoms in total. The summed E-state index contributed by atoms with van der Waals surface area (Å²) in [5.41, 5.74) is 1.98. The lowest BCUT2D eigenvalue weighted by molar-refractivity contribution is 0.172. The summed E-state index contributed by atoms with van der Waals surface area (Å²) in [4.78, 5) is 4.69. The molecule has 0 aliphatic carbocycles. The van der Waals surface area contributed by atoms with Gasteiger partial charge in [0.2, 0.25) is 0 Å². The van der Waals surface area contributed by atoms with Gasteiger partial charge in [-0.15, -0.1) is 0 Å². The Morgan fingerprint density at radius 3 is 2.76 bits per heavy atom. The first-order chi connectivity index (χ1) is 10.2. The molecule has 21 heavy (non-hydrogen) atoms. The number of pyridine rings is 1. The molecule has 114 valence electrons. The maximum Gasteiger partial charge on any atom is 0.130 e. The second-order valence-corrected chi connectivity index (χ2v) is 5.36. The fourth-order valence-electron chi connectivity index (χ4n) is 2.10. The maximum absolute atomic E-state index is 5.92. The number of aromatic nitrogens is 1. The highest BCUT2D eigenvalue weighted by molar-refractivity contribution is 5.85. The Kier molecular flexibility index (Phi) is 5.96. The molecule has 1 aromatic carbocycles. The highest BCUT2D eigenvalue weighted by atomic mass is 16.5. The van der Waals surface area contributed by atoms with Crippen LogP contribution in [-0.2, 0) is 11.3 Å². The van der Waals surface area contributed by atoms with Crippen molar-refractivity contribution in [3.63, 3.8) is 0 Å². The molecule has 0 spiro atoms. The van der Waals surface area contributed by atoms with Gasteiger partial charge in [-0.05, 0) is 12.1 Å². The number of hydrogen-bond acceptors (Lipinski definition) is 4. The molecule has 0 unspecified atom stereocenters. The van der Waals surface area contributed by atoms with Gasteiger partial charge in [-0.3, -0.25) is 4.98 Å². The van der Waals surface area contributed by atoms with Crippen molar-refractivity contribution in [1.29, 1.82) is 0 Å². The summed E-state index contributed by atoms with van der Waals surface area (Å²) >= 11 is 0. The van der Waals surface area contributed by atoms with Gasteiger partial charge in [0.1, 0.15) is 5.75 Å². The normalized spacial score (nSPS) is 11.2. The Bertz CT molecular complexity index is 570. The van der Waals surface area contributed by atoms with E-state index in [1.807, 2.05) is 30.3 Å². The number of nitrogens with zero attached hydrogens (tertiary/aromatic N) is 1. The average Bonchev–Trinajstić information content (AvgIpc) is 2.49. The van der Waals surface area contributed by atoms with E-state index in [2.05, 4.69) is 24.1 Å². The summed E-state index contributed by atoms with van der Waals surface area (Å²) in [5.74, 6) is 0.900. The molecular formula is C17H24N2O2. The summed E-state index contributed by atoms with van der Waals surface area (Å²) in [5, 5.41) is 4.45. The number of para-hydroxylation sites is 1. The van der Waals surface area contributed by atoms with E-state index in [1.165, 1.54) is 0 Å². The number of nitrogens with one attached hydrogen (secondary N) is 1. The molecule has 0 aliphatic heterocycles. The Balaban J connectivity index is 2.18. The zero-order valence-corrected chi connectivity index (χ0v) is 13.1. The quantitative estimate of drug-likeness (QED) is 0.758. The molecule has 0 aliphatic rings. The van der Waals surface area contributed by atoms with Crippen LogP contribution in [0.1, 0.15) is 26.0 Å². The Labute approximate surface area is 126 Å². The lowest BCUT2D eigenvalue weighted by Gasteiger charge is -2.13. The Morgan fingerprint density at radius 1 is 1.19 bits per heavy atom. The van der Waals surface area contributed by atoms with E-state index in [1.54, 1.807) is 7.11 Å². The Hall–Kier alpha value is -1.65. The monoisotopic (exact) mass is 288 g/mol. The molecule has 0 fully saturated rings. The maximum atomic E-state index is 5.92. The summed E-state index contributed by atoms with van der Waals surface area (Å²) < 4.78 is 11.0. The van der Waals surface area contributed by atoms with Crippen molar-refractivity contribution >= 4 is 10.9 Å². The van der Waals surface area contributed by atoms with Gasteiger partial charge in [0.15, 0.2) is 0 Å². The topological polar surface area (TPSA) is 43.4 Å². The third-order valence-electron chi connectivity index (χ3n) is 3.17. The van der Waals surface area contributed by atoms with Crippen LogP contribution in [0.3, 0.4) is 0 Å². The number of benzene rings is 1. The van der Waals surface area contributed by atoms with E-state index < -0.39 is 0 Å². The summed E-state index contributed by atoms with van der Waals surface area (Å²) in [6.07, 6.45) is 0.882. The molecule has 2 rings (SSSR count). The first-order valence-electron chi connectivity index (χ1n) is 7.44. The zero-order valence-electron chi connectivity index (χ0n) is 13.1. The minimum Gasteiger partial charge on any atom is -0.493 e. The molecular weight excluding hydrogens is 264 g/mol. The molecule has 4 heteroatoms. The predicted octanol–water partition coefficient (Wildman–Crippen LogP) is 3.15. The van der Waals surface area contributed by atoms with Crippen LogP contribution in [0.15, 0.2) is 30.3 Å². The predicted molar refractivity (Wildman–Crippen MR) is 85.7 cm³/mol. The lowest BCUT2D eigenvalue weighted by Crippen LogP contribution is -2.22. The molecule has 1 heterocycles. The van der Waals surface area contributed by atoms with Crippen LogP contribution in [0, 0.1) is 0 Å². The van der Waals surface area contributed by atoms with E-state index in [0.717, 1.165) is 35.3 Å². The molecule has 1 N–H and O–H groups in total. The van der Waals surface area contributed by atoms with Crippen molar-refractivity contribution in [3.8, 4) is 5.75 Å². The first kappa shape index (κ1) is 15.7. The summed E-state index contributed by atoms with van der Waals surface area (Å²) in [7, 11) is 1.71. The van der Waals surface area contributed by atoms with Crippen molar-refractivity contribution in [2.24, 2.45) is 0 Å². The Morgan fingerprint density at radius 2 is 2.00 bits per heavy atom. The van der Waals surface area contributed by atoms with E-state index in [4.69, 9.17) is 9.47 Å². The lowest BCUT2D eigenvalue weighted by atomic mass is 10.1. The third-order valence-corrected chi connectivity index (χ3v) is 3.17. The fourth-order valence-corrected chi connectivity index (χ4v) is 2.10. The zero-order chi connectivity index (χ0) is 15.1. The number of fused-ring (bicyclic) bond motifs is 1. The first-order valence-corrected chi connectivity index (χ1v) is 7.44. The molecule has 0 atom stereocenters. The van der Waals surface area contributed by atoms with Crippen LogP contribution in [0.4, 0.5) is 0 Å².